The van der Waals surface area contributed by atoms with E-state index in [1.165, 1.54) is 12.8 Å². The van der Waals surface area contributed by atoms with Gasteiger partial charge in [-0.15, -0.1) is 0 Å². The lowest BCUT2D eigenvalue weighted by Gasteiger charge is -2.12. The SMILES string of the molecule is CCCc1nc(N2CCCC2)sc1C(N)=S. The molecule has 0 unspecified atom stereocenters. The number of hydrogen-bond acceptors (Lipinski definition) is 4. The lowest BCUT2D eigenvalue weighted by atomic mass is 10.2. The normalized spacial score (nSPS) is 15.7. The van der Waals surface area contributed by atoms with Gasteiger partial charge >= 0.3 is 0 Å². The molecule has 1 aliphatic rings. The van der Waals surface area contributed by atoms with Gasteiger partial charge in [-0.05, 0) is 19.3 Å². The van der Waals surface area contributed by atoms with E-state index in [9.17, 15) is 0 Å². The molecule has 1 fully saturated rings. The summed E-state index contributed by atoms with van der Waals surface area (Å²) in [7, 11) is 0. The summed E-state index contributed by atoms with van der Waals surface area (Å²) < 4.78 is 0. The predicted molar refractivity (Wildman–Crippen MR) is 73.4 cm³/mol. The van der Waals surface area contributed by atoms with E-state index in [0.29, 0.717) is 4.99 Å². The molecule has 0 spiro atoms. The Morgan fingerprint density at radius 3 is 2.75 bits per heavy atom. The molecule has 1 aromatic rings. The Bertz CT molecular complexity index is 381. The molecule has 3 nitrogen and oxygen atoms in total. The maximum Gasteiger partial charge on any atom is 0.186 e. The molecular formula is C11H17N3S2. The minimum atomic E-state index is 0.492. The van der Waals surface area contributed by atoms with Crippen LogP contribution in [0.25, 0.3) is 0 Å². The summed E-state index contributed by atoms with van der Waals surface area (Å²) >= 11 is 6.73. The number of nitrogens with zero attached hydrogens (tertiary/aromatic N) is 2. The van der Waals surface area contributed by atoms with Crippen molar-refractivity contribution in [2.24, 2.45) is 5.73 Å². The van der Waals surface area contributed by atoms with Crippen LogP contribution >= 0.6 is 23.6 Å². The minimum absolute atomic E-state index is 0.492. The van der Waals surface area contributed by atoms with Crippen LogP contribution in [0.15, 0.2) is 0 Å². The number of thiocarbonyl (C=S) groups is 1. The highest BCUT2D eigenvalue weighted by molar-refractivity contribution is 7.81. The molecule has 0 amide bonds. The third-order valence-electron chi connectivity index (χ3n) is 2.77. The van der Waals surface area contributed by atoms with Crippen LogP contribution in [0, 0.1) is 0 Å². The summed E-state index contributed by atoms with van der Waals surface area (Å²) in [6.07, 6.45) is 4.59. The Hall–Kier alpha value is -0.680. The van der Waals surface area contributed by atoms with Crippen molar-refractivity contribution in [1.29, 1.82) is 0 Å². The van der Waals surface area contributed by atoms with Crippen LogP contribution in [0.4, 0.5) is 5.13 Å². The third-order valence-corrected chi connectivity index (χ3v) is 4.30. The molecule has 1 aliphatic heterocycles. The molecule has 2 heterocycles. The second-order valence-corrected chi connectivity index (χ2v) is 5.50. The average Bonchev–Trinajstić information content (AvgIpc) is 2.83. The van der Waals surface area contributed by atoms with Gasteiger partial charge in [0.2, 0.25) is 0 Å². The van der Waals surface area contributed by atoms with Crippen molar-refractivity contribution in [3.05, 3.63) is 10.6 Å². The zero-order chi connectivity index (χ0) is 11.5. The summed E-state index contributed by atoms with van der Waals surface area (Å²) in [4.78, 5) is 8.52. The monoisotopic (exact) mass is 255 g/mol. The van der Waals surface area contributed by atoms with Crippen LogP contribution in [0.5, 0.6) is 0 Å². The molecule has 0 atom stereocenters. The smallest absolute Gasteiger partial charge is 0.186 e. The fourth-order valence-electron chi connectivity index (χ4n) is 1.98. The number of thiazole rings is 1. The maximum absolute atomic E-state index is 5.74. The van der Waals surface area contributed by atoms with Gasteiger partial charge in [-0.25, -0.2) is 4.98 Å². The van der Waals surface area contributed by atoms with Crippen molar-refractivity contribution in [3.63, 3.8) is 0 Å². The maximum atomic E-state index is 5.74. The van der Waals surface area contributed by atoms with Gasteiger partial charge in [-0.2, -0.15) is 0 Å². The number of aryl methyl sites for hydroxylation is 1. The van der Waals surface area contributed by atoms with Crippen LogP contribution in [-0.2, 0) is 6.42 Å². The Kier molecular flexibility index (Phi) is 3.76. The zero-order valence-corrected chi connectivity index (χ0v) is 11.2. The van der Waals surface area contributed by atoms with E-state index in [-0.39, 0.29) is 0 Å². The summed E-state index contributed by atoms with van der Waals surface area (Å²) in [6, 6.07) is 0. The van der Waals surface area contributed by atoms with Crippen molar-refractivity contribution in [2.75, 3.05) is 18.0 Å². The highest BCUT2D eigenvalue weighted by Gasteiger charge is 2.19. The molecule has 5 heteroatoms. The molecule has 0 saturated carbocycles. The van der Waals surface area contributed by atoms with E-state index < -0.39 is 0 Å². The number of nitrogens with two attached hydrogens (primary N) is 1. The molecule has 1 aromatic heterocycles. The fourth-order valence-corrected chi connectivity index (χ4v) is 3.24. The minimum Gasteiger partial charge on any atom is -0.389 e. The van der Waals surface area contributed by atoms with Gasteiger partial charge in [-0.1, -0.05) is 36.9 Å². The molecule has 1 saturated heterocycles. The van der Waals surface area contributed by atoms with Gasteiger partial charge in [0, 0.05) is 13.1 Å². The standard InChI is InChI=1S/C11H17N3S2/c1-2-5-8-9(10(12)15)16-11(13-8)14-6-3-4-7-14/h2-7H2,1H3,(H2,12,15). The molecule has 16 heavy (non-hydrogen) atoms. The van der Waals surface area contributed by atoms with Crippen molar-refractivity contribution in [3.8, 4) is 0 Å². The Labute approximate surface area is 106 Å². The van der Waals surface area contributed by atoms with Gasteiger partial charge in [0.25, 0.3) is 0 Å². The highest BCUT2D eigenvalue weighted by Crippen LogP contribution is 2.29. The van der Waals surface area contributed by atoms with E-state index in [4.69, 9.17) is 18.0 Å². The average molecular weight is 255 g/mol. The largest absolute Gasteiger partial charge is 0.389 e. The van der Waals surface area contributed by atoms with E-state index in [1.54, 1.807) is 11.3 Å². The first kappa shape index (κ1) is 11.8. The van der Waals surface area contributed by atoms with Gasteiger partial charge in [0.05, 0.1) is 10.6 Å². The molecule has 0 radical (unpaired) electrons. The molecule has 2 rings (SSSR count). The summed E-state index contributed by atoms with van der Waals surface area (Å²) in [5, 5.41) is 1.10. The highest BCUT2D eigenvalue weighted by atomic mass is 32.1. The second-order valence-electron chi connectivity index (χ2n) is 4.08. The quantitative estimate of drug-likeness (QED) is 0.839. The first-order chi connectivity index (χ1) is 7.72. The number of anilines is 1. The van der Waals surface area contributed by atoms with Gasteiger partial charge in [-0.3, -0.25) is 0 Å². The Morgan fingerprint density at radius 1 is 1.50 bits per heavy atom. The van der Waals surface area contributed by atoms with Crippen molar-refractivity contribution in [2.45, 2.75) is 32.6 Å². The molecule has 0 aromatic carbocycles. The van der Waals surface area contributed by atoms with Gasteiger partial charge in [0.1, 0.15) is 4.99 Å². The first-order valence-electron chi connectivity index (χ1n) is 5.76. The molecular weight excluding hydrogens is 238 g/mol. The van der Waals surface area contributed by atoms with Crippen molar-refractivity contribution < 1.29 is 0 Å². The molecule has 0 aliphatic carbocycles. The lowest BCUT2D eigenvalue weighted by molar-refractivity contribution is 0.877. The van der Waals surface area contributed by atoms with E-state index >= 15 is 0 Å². The topological polar surface area (TPSA) is 42.2 Å². The fraction of sp³-hybridized carbons (Fsp3) is 0.636. The number of rotatable bonds is 4. The van der Waals surface area contributed by atoms with E-state index in [2.05, 4.69) is 16.8 Å². The second kappa shape index (κ2) is 5.10. The van der Waals surface area contributed by atoms with Crippen LogP contribution in [-0.4, -0.2) is 23.1 Å². The van der Waals surface area contributed by atoms with Crippen LogP contribution in [0.3, 0.4) is 0 Å². The molecule has 2 N–H and O–H groups in total. The first-order valence-corrected chi connectivity index (χ1v) is 6.99. The van der Waals surface area contributed by atoms with Crippen LogP contribution in [0.1, 0.15) is 36.8 Å². The van der Waals surface area contributed by atoms with Gasteiger partial charge in [0.15, 0.2) is 5.13 Å². The van der Waals surface area contributed by atoms with E-state index in [1.807, 2.05) is 0 Å². The van der Waals surface area contributed by atoms with E-state index in [0.717, 1.165) is 41.6 Å². The predicted octanol–water partition coefficient (Wildman–Crippen LogP) is 2.33. The Balaban J connectivity index is 2.26. The zero-order valence-electron chi connectivity index (χ0n) is 9.53. The van der Waals surface area contributed by atoms with Crippen LogP contribution in [0.2, 0.25) is 0 Å². The van der Waals surface area contributed by atoms with Gasteiger partial charge < -0.3 is 10.6 Å². The molecule has 0 bridgehead atoms. The summed E-state index contributed by atoms with van der Waals surface area (Å²) in [5.41, 5.74) is 6.83. The third kappa shape index (κ3) is 2.35. The van der Waals surface area contributed by atoms with Crippen molar-refractivity contribution in [1.82, 2.24) is 4.98 Å². The van der Waals surface area contributed by atoms with Crippen LogP contribution < -0.4 is 10.6 Å². The number of aromatic nitrogens is 1. The lowest BCUT2D eigenvalue weighted by Crippen LogP contribution is -2.17. The summed E-state index contributed by atoms with van der Waals surface area (Å²) in [6.45, 7) is 4.39. The summed E-state index contributed by atoms with van der Waals surface area (Å²) in [5.74, 6) is 0. The molecule has 88 valence electrons. The Morgan fingerprint density at radius 2 is 2.19 bits per heavy atom. The number of hydrogen-bond donors (Lipinski definition) is 1. The van der Waals surface area contributed by atoms with Crippen molar-refractivity contribution >= 4 is 33.7 Å².